The lowest BCUT2D eigenvalue weighted by Crippen LogP contribution is -2.18. The molecular weight excluding hydrogens is 518 g/mol. The zero-order valence-corrected chi connectivity index (χ0v) is 23.4. The lowest BCUT2D eigenvalue weighted by molar-refractivity contribution is 0.0491. The van der Waals surface area contributed by atoms with Gasteiger partial charge in [-0.15, -0.1) is 0 Å². The van der Waals surface area contributed by atoms with Gasteiger partial charge in [0, 0.05) is 40.1 Å². The van der Waals surface area contributed by atoms with Crippen molar-refractivity contribution in [2.45, 2.75) is 31.7 Å². The number of ether oxygens (including phenoxy) is 1. The van der Waals surface area contributed by atoms with Crippen LogP contribution in [0.5, 0.6) is 0 Å². The molecule has 5 nitrogen and oxygen atoms in total. The van der Waals surface area contributed by atoms with E-state index in [2.05, 4.69) is 34.6 Å². The van der Waals surface area contributed by atoms with Crippen LogP contribution < -0.4 is 0 Å². The first-order chi connectivity index (χ1) is 19.5. The third kappa shape index (κ3) is 6.53. The van der Waals surface area contributed by atoms with Gasteiger partial charge >= 0.3 is 5.97 Å². The van der Waals surface area contributed by atoms with E-state index in [0.29, 0.717) is 29.9 Å². The first kappa shape index (κ1) is 27.4. The number of ketones is 1. The van der Waals surface area contributed by atoms with Crippen molar-refractivity contribution in [1.82, 2.24) is 4.31 Å². The summed E-state index contributed by atoms with van der Waals surface area (Å²) in [5.74, 6) is -0.164. The van der Waals surface area contributed by atoms with Gasteiger partial charge in [-0.2, -0.15) is 0 Å². The quantitative estimate of drug-likeness (QED) is 0.0948. The maximum Gasteiger partial charge on any atom is 0.374 e. The van der Waals surface area contributed by atoms with Crippen LogP contribution in [0.1, 0.15) is 50.1 Å². The number of aryl methyl sites for hydroxylation is 1. The largest absolute Gasteiger partial charge is 0.460 e. The monoisotopic (exact) mass is 549 g/mol. The Morgan fingerprint density at radius 3 is 2.20 bits per heavy atom. The molecule has 202 valence electrons. The average molecular weight is 550 g/mol. The van der Waals surface area contributed by atoms with Gasteiger partial charge in [-0.25, -0.2) is 9.10 Å². The number of carbonyl (C=O) groups is 2. The molecule has 0 atom stereocenters. The molecular formula is C34H31NO4S. The van der Waals surface area contributed by atoms with Gasteiger partial charge in [0.25, 0.3) is 0 Å². The predicted octanol–water partition coefficient (Wildman–Crippen LogP) is 7.90. The molecule has 6 heteroatoms. The Kier molecular flexibility index (Phi) is 8.79. The van der Waals surface area contributed by atoms with E-state index in [4.69, 9.17) is 9.15 Å². The van der Waals surface area contributed by atoms with Gasteiger partial charge in [-0.05, 0) is 61.5 Å². The molecule has 0 aliphatic heterocycles. The molecule has 0 saturated carbocycles. The lowest BCUT2D eigenvalue weighted by Gasteiger charge is -2.21. The van der Waals surface area contributed by atoms with Crippen molar-refractivity contribution in [2.75, 3.05) is 13.2 Å². The molecule has 0 aliphatic carbocycles. The minimum atomic E-state index is -0.441. The fourth-order valence-corrected chi connectivity index (χ4v) is 5.57. The minimum absolute atomic E-state index is 0.0217. The van der Waals surface area contributed by atoms with Crippen molar-refractivity contribution >= 4 is 34.7 Å². The van der Waals surface area contributed by atoms with Gasteiger partial charge in [0.1, 0.15) is 5.58 Å². The second kappa shape index (κ2) is 12.8. The van der Waals surface area contributed by atoms with Crippen LogP contribution in [0.25, 0.3) is 11.0 Å². The van der Waals surface area contributed by atoms with Crippen LogP contribution >= 0.6 is 11.9 Å². The number of furan rings is 1. The molecule has 0 bridgehead atoms. The van der Waals surface area contributed by atoms with Crippen molar-refractivity contribution in [3.63, 3.8) is 0 Å². The molecule has 4 aromatic carbocycles. The SMILES string of the molecule is CCOC(=O)c1oc2ccc(SN(CCc3ccccc3)Cc3ccc(C(=O)c4ccccc4)cc3)cc2c1C. The van der Waals surface area contributed by atoms with Crippen LogP contribution in [-0.2, 0) is 17.7 Å². The van der Waals surface area contributed by atoms with Crippen LogP contribution in [0.3, 0.4) is 0 Å². The first-order valence-electron chi connectivity index (χ1n) is 13.4. The van der Waals surface area contributed by atoms with E-state index in [1.807, 2.05) is 79.7 Å². The van der Waals surface area contributed by atoms with Crippen molar-refractivity contribution in [3.8, 4) is 0 Å². The fourth-order valence-electron chi connectivity index (χ4n) is 4.57. The van der Waals surface area contributed by atoms with Gasteiger partial charge in [-0.3, -0.25) is 4.79 Å². The van der Waals surface area contributed by atoms with Gasteiger partial charge in [0.2, 0.25) is 5.76 Å². The molecule has 0 N–H and O–H groups in total. The van der Waals surface area contributed by atoms with Gasteiger partial charge in [0.15, 0.2) is 5.78 Å². The summed E-state index contributed by atoms with van der Waals surface area (Å²) in [7, 11) is 0. The van der Waals surface area contributed by atoms with Gasteiger partial charge in [-0.1, -0.05) is 84.9 Å². The van der Waals surface area contributed by atoms with E-state index >= 15 is 0 Å². The number of fused-ring (bicyclic) bond motifs is 1. The maximum atomic E-state index is 12.8. The highest BCUT2D eigenvalue weighted by molar-refractivity contribution is 7.97. The summed E-state index contributed by atoms with van der Waals surface area (Å²) < 4.78 is 13.3. The third-order valence-corrected chi connectivity index (χ3v) is 7.74. The molecule has 0 fully saturated rings. The van der Waals surface area contributed by atoms with Crippen molar-refractivity contribution < 1.29 is 18.7 Å². The molecule has 5 rings (SSSR count). The molecule has 0 saturated heterocycles. The van der Waals surface area contributed by atoms with Crippen LogP contribution in [-0.4, -0.2) is 29.2 Å². The molecule has 0 unspecified atom stereocenters. The molecule has 0 aliphatic rings. The van der Waals surface area contributed by atoms with E-state index < -0.39 is 5.97 Å². The number of rotatable bonds is 11. The van der Waals surface area contributed by atoms with Crippen molar-refractivity contribution in [3.05, 3.63) is 137 Å². The number of carbonyl (C=O) groups excluding carboxylic acids is 2. The Labute approximate surface area is 238 Å². The van der Waals surface area contributed by atoms with Crippen molar-refractivity contribution in [2.24, 2.45) is 0 Å². The molecule has 1 aromatic heterocycles. The van der Waals surface area contributed by atoms with Gasteiger partial charge < -0.3 is 9.15 Å². The standard InChI is InChI=1S/C34H31NO4S/c1-3-38-34(37)33-24(2)30-22-29(18-19-31(30)39-33)40-35(21-20-25-10-6-4-7-11-25)23-26-14-16-28(17-15-26)32(36)27-12-8-5-9-13-27/h4-19,22H,3,20-21,23H2,1-2H3. The predicted molar refractivity (Wildman–Crippen MR) is 160 cm³/mol. The smallest absolute Gasteiger partial charge is 0.374 e. The third-order valence-electron chi connectivity index (χ3n) is 6.71. The fraction of sp³-hybridized carbons (Fsp3) is 0.176. The maximum absolute atomic E-state index is 12.8. The molecule has 0 amide bonds. The Morgan fingerprint density at radius 2 is 1.50 bits per heavy atom. The van der Waals surface area contributed by atoms with Crippen LogP contribution in [0.2, 0.25) is 0 Å². The first-order valence-corrected chi connectivity index (χ1v) is 14.1. The number of benzene rings is 4. The second-order valence-electron chi connectivity index (χ2n) is 9.52. The molecule has 40 heavy (non-hydrogen) atoms. The van der Waals surface area contributed by atoms with Gasteiger partial charge in [0.05, 0.1) is 6.61 Å². The van der Waals surface area contributed by atoms with E-state index in [-0.39, 0.29) is 11.5 Å². The lowest BCUT2D eigenvalue weighted by atomic mass is 10.0. The zero-order valence-electron chi connectivity index (χ0n) is 22.6. The van der Waals surface area contributed by atoms with Crippen LogP contribution in [0.4, 0.5) is 0 Å². The summed E-state index contributed by atoms with van der Waals surface area (Å²) >= 11 is 1.67. The van der Waals surface area contributed by atoms with E-state index in [1.54, 1.807) is 18.9 Å². The summed E-state index contributed by atoms with van der Waals surface area (Å²) in [5, 5.41) is 0.903. The molecule has 0 radical (unpaired) electrons. The Hall–Kier alpha value is -4.13. The Balaban J connectivity index is 1.35. The summed E-state index contributed by atoms with van der Waals surface area (Å²) in [5.41, 5.74) is 5.21. The number of esters is 1. The van der Waals surface area contributed by atoms with E-state index in [9.17, 15) is 9.59 Å². The molecule has 5 aromatic rings. The highest BCUT2D eigenvalue weighted by atomic mass is 32.2. The van der Waals surface area contributed by atoms with Crippen molar-refractivity contribution in [1.29, 1.82) is 0 Å². The second-order valence-corrected chi connectivity index (χ2v) is 10.7. The van der Waals surface area contributed by atoms with E-state index in [0.717, 1.165) is 34.4 Å². The molecule has 0 spiro atoms. The molecule has 1 heterocycles. The van der Waals surface area contributed by atoms with E-state index in [1.165, 1.54) is 5.56 Å². The number of nitrogens with zero attached hydrogens (tertiary/aromatic N) is 1. The zero-order chi connectivity index (χ0) is 27.9. The van der Waals surface area contributed by atoms with Crippen LogP contribution in [0, 0.1) is 6.92 Å². The normalized spacial score (nSPS) is 11.2. The number of hydrogen-bond acceptors (Lipinski definition) is 6. The number of hydrogen-bond donors (Lipinski definition) is 0. The topological polar surface area (TPSA) is 59.8 Å². The summed E-state index contributed by atoms with van der Waals surface area (Å²) in [6, 6.07) is 33.6. The Bertz CT molecular complexity index is 1590. The summed E-state index contributed by atoms with van der Waals surface area (Å²) in [6.07, 6.45) is 0.901. The Morgan fingerprint density at radius 1 is 0.825 bits per heavy atom. The summed E-state index contributed by atoms with van der Waals surface area (Å²) in [6.45, 7) is 5.50. The highest BCUT2D eigenvalue weighted by Crippen LogP contribution is 2.32. The summed E-state index contributed by atoms with van der Waals surface area (Å²) in [4.78, 5) is 26.2. The van der Waals surface area contributed by atoms with Crippen LogP contribution in [0.15, 0.2) is 112 Å². The highest BCUT2D eigenvalue weighted by Gasteiger charge is 2.20. The minimum Gasteiger partial charge on any atom is -0.460 e. The average Bonchev–Trinajstić information content (AvgIpc) is 3.32.